The maximum atomic E-state index is 12.1. The number of aliphatic carboxylic acids is 1. The second-order valence-electron chi connectivity index (χ2n) is 5.50. The average Bonchev–Trinajstić information content (AvgIpc) is 2.35. The topological polar surface area (TPSA) is 127 Å². The smallest absolute Gasteiger partial charge is 0.326 e. The van der Waals surface area contributed by atoms with E-state index in [1.54, 1.807) is 0 Å². The Bertz CT molecular complexity index is 655. The van der Waals surface area contributed by atoms with Crippen LogP contribution in [0.25, 0.3) is 0 Å². The molecule has 1 rings (SSSR count). The highest BCUT2D eigenvalue weighted by Crippen LogP contribution is 2.10. The van der Waals surface area contributed by atoms with Crippen molar-refractivity contribution in [2.45, 2.75) is 32.1 Å². The SMILES string of the molecule is CC(C)C[C@H](NC(=O)c1cccc(CS(N)(=O)=O)c1)C(=O)O. The Kier molecular flexibility index (Phi) is 6.07. The Labute approximate surface area is 129 Å². The van der Waals surface area contributed by atoms with Crippen LogP contribution in [0.2, 0.25) is 0 Å². The summed E-state index contributed by atoms with van der Waals surface area (Å²) in [4.78, 5) is 23.2. The zero-order valence-corrected chi connectivity index (χ0v) is 13.3. The molecule has 0 spiro atoms. The molecule has 0 heterocycles. The first-order chi connectivity index (χ1) is 10.1. The molecule has 0 aliphatic carbocycles. The number of rotatable bonds is 7. The fourth-order valence-electron chi connectivity index (χ4n) is 1.97. The van der Waals surface area contributed by atoms with Crippen molar-refractivity contribution in [3.63, 3.8) is 0 Å². The molecule has 1 aromatic rings. The van der Waals surface area contributed by atoms with Crippen LogP contribution in [-0.2, 0) is 20.6 Å². The van der Waals surface area contributed by atoms with Crippen molar-refractivity contribution in [2.75, 3.05) is 0 Å². The molecule has 8 heteroatoms. The zero-order valence-electron chi connectivity index (χ0n) is 12.4. The minimum atomic E-state index is -3.70. The van der Waals surface area contributed by atoms with Gasteiger partial charge in [0.05, 0.1) is 5.75 Å². The van der Waals surface area contributed by atoms with Crippen molar-refractivity contribution in [3.05, 3.63) is 35.4 Å². The van der Waals surface area contributed by atoms with Gasteiger partial charge in [0, 0.05) is 5.56 Å². The van der Waals surface area contributed by atoms with Gasteiger partial charge in [-0.2, -0.15) is 0 Å². The van der Waals surface area contributed by atoms with Gasteiger partial charge in [0.25, 0.3) is 5.91 Å². The maximum Gasteiger partial charge on any atom is 0.326 e. The van der Waals surface area contributed by atoms with Crippen LogP contribution in [0.3, 0.4) is 0 Å². The number of hydrogen-bond donors (Lipinski definition) is 3. The predicted molar refractivity (Wildman–Crippen MR) is 81.6 cm³/mol. The molecule has 0 unspecified atom stereocenters. The zero-order chi connectivity index (χ0) is 16.9. The Morgan fingerprint density at radius 2 is 1.95 bits per heavy atom. The van der Waals surface area contributed by atoms with Gasteiger partial charge in [-0.15, -0.1) is 0 Å². The molecule has 22 heavy (non-hydrogen) atoms. The van der Waals surface area contributed by atoms with E-state index in [9.17, 15) is 18.0 Å². The standard InChI is InChI=1S/C14H20N2O5S/c1-9(2)6-12(14(18)19)16-13(17)11-5-3-4-10(7-11)8-22(15,20)21/h3-5,7,9,12H,6,8H2,1-2H3,(H,16,17)(H,18,19)(H2,15,20,21)/t12-/m0/s1. The Morgan fingerprint density at radius 3 is 2.45 bits per heavy atom. The van der Waals surface area contributed by atoms with E-state index in [2.05, 4.69) is 5.32 Å². The highest BCUT2D eigenvalue weighted by atomic mass is 32.2. The van der Waals surface area contributed by atoms with Crippen LogP contribution in [0.1, 0.15) is 36.2 Å². The van der Waals surface area contributed by atoms with Gasteiger partial charge in [-0.3, -0.25) is 4.79 Å². The molecule has 4 N–H and O–H groups in total. The fourth-order valence-corrected chi connectivity index (χ4v) is 2.61. The van der Waals surface area contributed by atoms with Crippen molar-refractivity contribution >= 4 is 21.9 Å². The van der Waals surface area contributed by atoms with Gasteiger partial charge in [0.2, 0.25) is 10.0 Å². The molecular weight excluding hydrogens is 308 g/mol. The van der Waals surface area contributed by atoms with Crippen LogP contribution >= 0.6 is 0 Å². The molecule has 1 amide bonds. The van der Waals surface area contributed by atoms with Crippen LogP contribution in [-0.4, -0.2) is 31.4 Å². The molecule has 0 bridgehead atoms. The first-order valence-corrected chi connectivity index (χ1v) is 8.43. The lowest BCUT2D eigenvalue weighted by molar-refractivity contribution is -0.139. The fraction of sp³-hybridized carbons (Fsp3) is 0.429. The van der Waals surface area contributed by atoms with E-state index in [0.29, 0.717) is 12.0 Å². The summed E-state index contributed by atoms with van der Waals surface area (Å²) >= 11 is 0. The van der Waals surface area contributed by atoms with Crippen molar-refractivity contribution in [1.29, 1.82) is 0 Å². The first-order valence-electron chi connectivity index (χ1n) is 6.71. The van der Waals surface area contributed by atoms with E-state index in [0.717, 1.165) is 0 Å². The number of sulfonamides is 1. The summed E-state index contributed by atoms with van der Waals surface area (Å²) in [5, 5.41) is 16.5. The predicted octanol–water partition coefficient (Wildman–Crippen LogP) is 0.704. The normalized spacial score (nSPS) is 12.9. The lowest BCUT2D eigenvalue weighted by Crippen LogP contribution is -2.41. The van der Waals surface area contributed by atoms with Crippen molar-refractivity contribution in [3.8, 4) is 0 Å². The first kappa shape index (κ1) is 18.1. The van der Waals surface area contributed by atoms with Crippen molar-refractivity contribution in [2.24, 2.45) is 11.1 Å². The number of amides is 1. The summed E-state index contributed by atoms with van der Waals surface area (Å²) in [6, 6.07) is 4.93. The number of carbonyl (C=O) groups excluding carboxylic acids is 1. The third-order valence-corrected chi connectivity index (χ3v) is 3.60. The van der Waals surface area contributed by atoms with Crippen molar-refractivity contribution < 1.29 is 23.1 Å². The third kappa shape index (κ3) is 6.23. The minimum Gasteiger partial charge on any atom is -0.480 e. The molecule has 0 radical (unpaired) electrons. The van der Waals surface area contributed by atoms with Crippen LogP contribution in [0.4, 0.5) is 0 Å². The second kappa shape index (κ2) is 7.37. The van der Waals surface area contributed by atoms with Crippen LogP contribution in [0.15, 0.2) is 24.3 Å². The molecule has 1 aromatic carbocycles. The van der Waals surface area contributed by atoms with E-state index in [1.807, 2.05) is 13.8 Å². The Hall–Kier alpha value is -1.93. The lowest BCUT2D eigenvalue weighted by Gasteiger charge is -2.16. The Balaban J connectivity index is 2.88. The number of carboxylic acids is 1. The highest BCUT2D eigenvalue weighted by Gasteiger charge is 2.21. The van der Waals surface area contributed by atoms with Gasteiger partial charge < -0.3 is 10.4 Å². The largest absolute Gasteiger partial charge is 0.480 e. The van der Waals surface area contributed by atoms with E-state index >= 15 is 0 Å². The summed E-state index contributed by atoms with van der Waals surface area (Å²) in [5.74, 6) is -1.95. The summed E-state index contributed by atoms with van der Waals surface area (Å²) in [5.41, 5.74) is 0.557. The van der Waals surface area contributed by atoms with E-state index < -0.39 is 27.9 Å². The van der Waals surface area contributed by atoms with Gasteiger partial charge in [0.1, 0.15) is 6.04 Å². The molecule has 0 aliphatic heterocycles. The van der Waals surface area contributed by atoms with Gasteiger partial charge in [-0.1, -0.05) is 26.0 Å². The summed E-state index contributed by atoms with van der Waals surface area (Å²) < 4.78 is 22.1. The van der Waals surface area contributed by atoms with Gasteiger partial charge in [0.15, 0.2) is 0 Å². The van der Waals surface area contributed by atoms with Crippen LogP contribution in [0, 0.1) is 5.92 Å². The summed E-state index contributed by atoms with van der Waals surface area (Å²) in [6.45, 7) is 3.71. The van der Waals surface area contributed by atoms with Gasteiger partial charge >= 0.3 is 5.97 Å². The number of benzene rings is 1. The third-order valence-electron chi connectivity index (χ3n) is 2.87. The van der Waals surface area contributed by atoms with Crippen molar-refractivity contribution in [1.82, 2.24) is 5.32 Å². The van der Waals surface area contributed by atoms with Crippen LogP contribution < -0.4 is 10.5 Å². The quantitative estimate of drug-likeness (QED) is 0.679. The molecule has 0 aliphatic rings. The van der Waals surface area contributed by atoms with Gasteiger partial charge in [-0.05, 0) is 30.0 Å². The summed E-state index contributed by atoms with van der Waals surface area (Å²) in [6.07, 6.45) is 0.304. The lowest BCUT2D eigenvalue weighted by atomic mass is 10.0. The monoisotopic (exact) mass is 328 g/mol. The number of carboxylic acid groups (broad SMARTS) is 1. The number of primary sulfonamides is 1. The molecule has 0 saturated carbocycles. The molecule has 0 aromatic heterocycles. The molecule has 0 saturated heterocycles. The number of carbonyl (C=O) groups is 2. The van der Waals surface area contributed by atoms with E-state index in [-0.39, 0.29) is 17.2 Å². The van der Waals surface area contributed by atoms with E-state index in [4.69, 9.17) is 10.2 Å². The minimum absolute atomic E-state index is 0.107. The molecule has 1 atom stereocenters. The number of nitrogens with two attached hydrogens (primary N) is 1. The summed E-state index contributed by atoms with van der Waals surface area (Å²) in [7, 11) is -3.70. The number of hydrogen-bond acceptors (Lipinski definition) is 4. The molecule has 7 nitrogen and oxygen atoms in total. The number of nitrogens with one attached hydrogen (secondary N) is 1. The van der Waals surface area contributed by atoms with Crippen LogP contribution in [0.5, 0.6) is 0 Å². The Morgan fingerprint density at radius 1 is 1.32 bits per heavy atom. The van der Waals surface area contributed by atoms with E-state index in [1.165, 1.54) is 24.3 Å². The maximum absolute atomic E-state index is 12.1. The van der Waals surface area contributed by atoms with Gasteiger partial charge in [-0.25, -0.2) is 18.4 Å². The highest BCUT2D eigenvalue weighted by molar-refractivity contribution is 7.88. The molecule has 122 valence electrons. The molecular formula is C14H20N2O5S. The second-order valence-corrected chi connectivity index (χ2v) is 7.12. The molecule has 0 fully saturated rings. The average molecular weight is 328 g/mol.